The second kappa shape index (κ2) is 7.09. The van der Waals surface area contributed by atoms with Crippen LogP contribution in [0.4, 0.5) is 8.78 Å². The van der Waals surface area contributed by atoms with Crippen LogP contribution in [-0.4, -0.2) is 18.2 Å². The van der Waals surface area contributed by atoms with E-state index in [1.54, 1.807) is 0 Å². The lowest BCUT2D eigenvalue weighted by molar-refractivity contribution is -0.137. The molecule has 0 unspecified atom stereocenters. The SMILES string of the molecule is COc1cc(Cl)c(C(F)(F)CCCCC(=O)O)cc1Cl. The molecule has 0 aromatic heterocycles. The van der Waals surface area contributed by atoms with Crippen LogP contribution in [0.15, 0.2) is 12.1 Å². The summed E-state index contributed by atoms with van der Waals surface area (Å²) in [5.41, 5.74) is -0.375. The maximum atomic E-state index is 14.0. The molecule has 0 aliphatic heterocycles. The van der Waals surface area contributed by atoms with Crippen LogP contribution in [0, 0.1) is 0 Å². The fourth-order valence-electron chi connectivity index (χ4n) is 1.72. The lowest BCUT2D eigenvalue weighted by Crippen LogP contribution is -2.14. The monoisotopic (exact) mass is 326 g/mol. The van der Waals surface area contributed by atoms with Crippen molar-refractivity contribution in [2.45, 2.75) is 31.6 Å². The van der Waals surface area contributed by atoms with Gasteiger partial charge in [0, 0.05) is 24.5 Å². The summed E-state index contributed by atoms with van der Waals surface area (Å²) in [6, 6.07) is 2.32. The summed E-state index contributed by atoms with van der Waals surface area (Å²) in [6.07, 6.45) is -0.346. The zero-order valence-corrected chi connectivity index (χ0v) is 12.3. The molecule has 0 spiro atoms. The zero-order chi connectivity index (χ0) is 15.3. The van der Waals surface area contributed by atoms with Crippen molar-refractivity contribution < 1.29 is 23.4 Å². The van der Waals surface area contributed by atoms with E-state index in [1.807, 2.05) is 0 Å². The summed E-state index contributed by atoms with van der Waals surface area (Å²) in [5, 5.41) is 8.38. The molecular weight excluding hydrogens is 313 g/mol. The topological polar surface area (TPSA) is 46.5 Å². The number of carbonyl (C=O) groups is 1. The highest BCUT2D eigenvalue weighted by Crippen LogP contribution is 2.41. The fourth-order valence-corrected chi connectivity index (χ4v) is 2.26. The number of carboxylic acid groups (broad SMARTS) is 1. The predicted octanol–water partition coefficient (Wildman–Crippen LogP) is 4.74. The highest BCUT2D eigenvalue weighted by atomic mass is 35.5. The van der Waals surface area contributed by atoms with Gasteiger partial charge in [-0.3, -0.25) is 4.79 Å². The highest BCUT2D eigenvalue weighted by Gasteiger charge is 2.34. The molecule has 0 aliphatic rings. The minimum Gasteiger partial charge on any atom is -0.495 e. The lowest BCUT2D eigenvalue weighted by atomic mass is 10.0. The van der Waals surface area contributed by atoms with Crippen molar-refractivity contribution in [1.82, 2.24) is 0 Å². The van der Waals surface area contributed by atoms with E-state index in [-0.39, 0.29) is 40.6 Å². The number of rotatable bonds is 7. The highest BCUT2D eigenvalue weighted by molar-refractivity contribution is 6.34. The molecular formula is C13H14Cl2F2O3. The molecule has 7 heteroatoms. The first-order valence-corrected chi connectivity index (χ1v) is 6.66. The Bertz CT molecular complexity index is 493. The maximum Gasteiger partial charge on any atom is 0.303 e. The number of hydrogen-bond acceptors (Lipinski definition) is 2. The van der Waals surface area contributed by atoms with E-state index in [2.05, 4.69) is 0 Å². The molecule has 0 aliphatic carbocycles. The van der Waals surface area contributed by atoms with E-state index in [9.17, 15) is 13.6 Å². The average Bonchev–Trinajstić information content (AvgIpc) is 2.36. The molecule has 0 atom stereocenters. The van der Waals surface area contributed by atoms with E-state index < -0.39 is 18.3 Å². The summed E-state index contributed by atoms with van der Waals surface area (Å²) in [4.78, 5) is 10.3. The minimum atomic E-state index is -3.16. The standard InChI is InChI=1S/C13H14Cl2F2O3/c1-20-11-7-9(14)8(6-10(11)15)13(16,17)5-3-2-4-12(18)19/h6-7H,2-5H2,1H3,(H,18,19). The zero-order valence-electron chi connectivity index (χ0n) is 10.8. The van der Waals surface area contributed by atoms with Gasteiger partial charge in [-0.25, -0.2) is 8.78 Å². The van der Waals surface area contributed by atoms with Crippen LogP contribution in [0.2, 0.25) is 10.0 Å². The second-order valence-electron chi connectivity index (χ2n) is 4.27. The van der Waals surface area contributed by atoms with Gasteiger partial charge in [-0.15, -0.1) is 0 Å². The number of methoxy groups -OCH3 is 1. The van der Waals surface area contributed by atoms with Gasteiger partial charge in [0.2, 0.25) is 0 Å². The minimum absolute atomic E-state index is 0.0529. The summed E-state index contributed by atoms with van der Waals surface area (Å²) < 4.78 is 32.9. The Morgan fingerprint density at radius 1 is 1.30 bits per heavy atom. The van der Waals surface area contributed by atoms with E-state index in [1.165, 1.54) is 13.2 Å². The molecule has 3 nitrogen and oxygen atoms in total. The van der Waals surface area contributed by atoms with Gasteiger partial charge < -0.3 is 9.84 Å². The number of halogens is 4. The third-order valence-corrected chi connectivity index (χ3v) is 3.38. The van der Waals surface area contributed by atoms with Crippen molar-refractivity contribution in [3.8, 4) is 5.75 Å². The smallest absolute Gasteiger partial charge is 0.303 e. The Balaban J connectivity index is 2.81. The van der Waals surface area contributed by atoms with Crippen LogP contribution in [0.5, 0.6) is 5.75 Å². The molecule has 0 fully saturated rings. The number of unbranched alkanes of at least 4 members (excludes halogenated alkanes) is 1. The molecule has 1 N–H and O–H groups in total. The Kier molecular flexibility index (Phi) is 6.02. The molecule has 0 saturated heterocycles. The van der Waals surface area contributed by atoms with Crippen LogP contribution >= 0.6 is 23.2 Å². The molecule has 112 valence electrons. The van der Waals surface area contributed by atoms with Gasteiger partial charge in [0.1, 0.15) is 5.75 Å². The largest absolute Gasteiger partial charge is 0.495 e. The molecule has 0 saturated carbocycles. The number of aliphatic carboxylic acids is 1. The normalized spacial score (nSPS) is 11.4. The summed E-state index contributed by atoms with van der Waals surface area (Å²) in [7, 11) is 1.36. The number of hydrogen-bond donors (Lipinski definition) is 1. The van der Waals surface area contributed by atoms with Gasteiger partial charge in [0.25, 0.3) is 5.92 Å². The van der Waals surface area contributed by atoms with Crippen LogP contribution in [0.3, 0.4) is 0 Å². The molecule has 1 aromatic rings. The summed E-state index contributed by atoms with van der Waals surface area (Å²) in [5.74, 6) is -3.94. The quantitative estimate of drug-likeness (QED) is 0.736. The Morgan fingerprint density at radius 3 is 2.50 bits per heavy atom. The number of alkyl halides is 2. The molecule has 0 radical (unpaired) electrons. The van der Waals surface area contributed by atoms with Gasteiger partial charge in [0.05, 0.1) is 17.2 Å². The number of carboxylic acids is 1. The van der Waals surface area contributed by atoms with Gasteiger partial charge >= 0.3 is 5.97 Å². The first kappa shape index (κ1) is 17.0. The lowest BCUT2D eigenvalue weighted by Gasteiger charge is -2.19. The Morgan fingerprint density at radius 2 is 1.95 bits per heavy atom. The van der Waals surface area contributed by atoms with Crippen LogP contribution in [-0.2, 0) is 10.7 Å². The third-order valence-electron chi connectivity index (χ3n) is 2.77. The van der Waals surface area contributed by atoms with Crippen molar-refractivity contribution in [3.63, 3.8) is 0 Å². The van der Waals surface area contributed by atoms with E-state index in [0.717, 1.165) is 6.07 Å². The third kappa shape index (κ3) is 4.49. The average molecular weight is 327 g/mol. The van der Waals surface area contributed by atoms with Gasteiger partial charge in [0.15, 0.2) is 0 Å². The molecule has 1 rings (SSSR count). The molecule has 0 heterocycles. The van der Waals surface area contributed by atoms with Crippen LogP contribution in [0.25, 0.3) is 0 Å². The van der Waals surface area contributed by atoms with E-state index >= 15 is 0 Å². The van der Waals surface area contributed by atoms with Crippen molar-refractivity contribution in [1.29, 1.82) is 0 Å². The maximum absolute atomic E-state index is 14.0. The predicted molar refractivity (Wildman–Crippen MR) is 73.0 cm³/mol. The first-order valence-electron chi connectivity index (χ1n) is 5.91. The molecule has 20 heavy (non-hydrogen) atoms. The summed E-state index contributed by atoms with van der Waals surface area (Å²) in [6.45, 7) is 0. The first-order chi connectivity index (χ1) is 9.27. The number of benzene rings is 1. The molecule has 0 amide bonds. The van der Waals surface area contributed by atoms with Crippen LogP contribution < -0.4 is 4.74 Å². The van der Waals surface area contributed by atoms with Crippen molar-refractivity contribution in [2.24, 2.45) is 0 Å². The summed E-state index contributed by atoms with van der Waals surface area (Å²) >= 11 is 11.6. The molecule has 0 bridgehead atoms. The number of ether oxygens (including phenoxy) is 1. The van der Waals surface area contributed by atoms with Crippen molar-refractivity contribution in [3.05, 3.63) is 27.7 Å². The Hall–Kier alpha value is -1.07. The van der Waals surface area contributed by atoms with Gasteiger partial charge in [-0.1, -0.05) is 23.2 Å². The second-order valence-corrected chi connectivity index (χ2v) is 5.09. The van der Waals surface area contributed by atoms with Crippen molar-refractivity contribution >= 4 is 29.2 Å². The van der Waals surface area contributed by atoms with Gasteiger partial charge in [-0.2, -0.15) is 0 Å². The van der Waals surface area contributed by atoms with Crippen molar-refractivity contribution in [2.75, 3.05) is 7.11 Å². The van der Waals surface area contributed by atoms with E-state index in [0.29, 0.717) is 0 Å². The van der Waals surface area contributed by atoms with E-state index in [4.69, 9.17) is 33.0 Å². The van der Waals surface area contributed by atoms with Gasteiger partial charge in [-0.05, 0) is 18.9 Å². The molecule has 1 aromatic carbocycles. The fraction of sp³-hybridized carbons (Fsp3) is 0.462. The van der Waals surface area contributed by atoms with Crippen LogP contribution in [0.1, 0.15) is 31.2 Å². The Labute approximate surface area is 125 Å².